The summed E-state index contributed by atoms with van der Waals surface area (Å²) < 4.78 is 7.85. The molecule has 0 spiro atoms. The third-order valence-corrected chi connectivity index (χ3v) is 5.93. The molecule has 2 heterocycles. The Morgan fingerprint density at radius 3 is 2.82 bits per heavy atom. The first-order chi connectivity index (χ1) is 13.8. The smallest absolute Gasteiger partial charge is 0.349 e. The van der Waals surface area contributed by atoms with Gasteiger partial charge in [0.05, 0.1) is 12.3 Å². The van der Waals surface area contributed by atoms with Crippen molar-refractivity contribution in [2.24, 2.45) is 0 Å². The van der Waals surface area contributed by atoms with Crippen LogP contribution < -0.4 is 10.4 Å². The highest BCUT2D eigenvalue weighted by molar-refractivity contribution is 7.98. The molecule has 3 aromatic rings. The summed E-state index contributed by atoms with van der Waals surface area (Å²) in [7, 11) is 0. The third-order valence-electron chi connectivity index (χ3n) is 4.95. The van der Waals surface area contributed by atoms with E-state index in [1.54, 1.807) is 16.3 Å². The van der Waals surface area contributed by atoms with Gasteiger partial charge in [-0.1, -0.05) is 55.8 Å². The van der Waals surface area contributed by atoms with Gasteiger partial charge in [-0.15, -0.1) is 11.8 Å². The van der Waals surface area contributed by atoms with Crippen LogP contribution in [-0.2, 0) is 18.7 Å². The number of nitrogens with zero attached hydrogens (tertiary/aromatic N) is 2. The van der Waals surface area contributed by atoms with E-state index in [-0.39, 0.29) is 5.69 Å². The van der Waals surface area contributed by atoms with Crippen LogP contribution in [0.25, 0.3) is 11.3 Å². The Labute approximate surface area is 169 Å². The first-order valence-electron chi connectivity index (χ1n) is 9.80. The number of benzene rings is 2. The Bertz CT molecular complexity index is 1010. The number of unbranched alkanes of at least 4 members (excludes halogenated alkanes) is 1. The molecule has 0 bridgehead atoms. The maximum atomic E-state index is 12.7. The third kappa shape index (κ3) is 3.99. The SMILES string of the molecule is CCCCOc1cccc2c1-c1cc(SCc3ccccc3)nc(=O)n1CC2. The van der Waals surface area contributed by atoms with E-state index in [2.05, 4.69) is 30.1 Å². The highest BCUT2D eigenvalue weighted by Gasteiger charge is 2.22. The van der Waals surface area contributed by atoms with E-state index >= 15 is 0 Å². The number of hydrogen-bond donors (Lipinski definition) is 0. The van der Waals surface area contributed by atoms with Gasteiger partial charge in [-0.2, -0.15) is 4.98 Å². The summed E-state index contributed by atoms with van der Waals surface area (Å²) in [6.45, 7) is 3.51. The minimum Gasteiger partial charge on any atom is -0.493 e. The van der Waals surface area contributed by atoms with E-state index in [1.165, 1.54) is 11.1 Å². The molecule has 0 N–H and O–H groups in total. The van der Waals surface area contributed by atoms with E-state index in [1.807, 2.05) is 36.4 Å². The lowest BCUT2D eigenvalue weighted by atomic mass is 9.97. The zero-order valence-corrected chi connectivity index (χ0v) is 16.9. The van der Waals surface area contributed by atoms with Crippen molar-refractivity contribution in [3.8, 4) is 17.0 Å². The summed E-state index contributed by atoms with van der Waals surface area (Å²) in [6.07, 6.45) is 2.94. The average molecular weight is 393 g/mol. The van der Waals surface area contributed by atoms with Gasteiger partial charge in [-0.25, -0.2) is 4.79 Å². The number of aryl methyl sites for hydroxylation is 1. The van der Waals surface area contributed by atoms with Crippen molar-refractivity contribution in [1.82, 2.24) is 9.55 Å². The average Bonchev–Trinajstić information content (AvgIpc) is 2.73. The summed E-state index contributed by atoms with van der Waals surface area (Å²) in [5, 5.41) is 0.760. The monoisotopic (exact) mass is 392 g/mol. The molecular weight excluding hydrogens is 368 g/mol. The highest BCUT2D eigenvalue weighted by atomic mass is 32.2. The van der Waals surface area contributed by atoms with Gasteiger partial charge >= 0.3 is 5.69 Å². The Morgan fingerprint density at radius 1 is 1.14 bits per heavy atom. The van der Waals surface area contributed by atoms with Gasteiger partial charge in [0.15, 0.2) is 0 Å². The zero-order valence-electron chi connectivity index (χ0n) is 16.1. The molecule has 1 aliphatic rings. The van der Waals surface area contributed by atoms with Gasteiger partial charge < -0.3 is 4.74 Å². The molecule has 0 radical (unpaired) electrons. The number of thioether (sulfide) groups is 1. The molecule has 0 aliphatic carbocycles. The molecule has 0 saturated heterocycles. The number of aromatic nitrogens is 2. The summed E-state index contributed by atoms with van der Waals surface area (Å²) in [5.41, 5.74) is 4.24. The van der Waals surface area contributed by atoms with Crippen LogP contribution >= 0.6 is 11.8 Å². The minimum atomic E-state index is -0.179. The largest absolute Gasteiger partial charge is 0.493 e. The quantitative estimate of drug-likeness (QED) is 0.325. The molecule has 1 aromatic heterocycles. The molecule has 2 aromatic carbocycles. The fourth-order valence-electron chi connectivity index (χ4n) is 3.47. The number of hydrogen-bond acceptors (Lipinski definition) is 4. The predicted molar refractivity (Wildman–Crippen MR) is 114 cm³/mol. The molecule has 0 amide bonds. The van der Waals surface area contributed by atoms with E-state index in [0.717, 1.165) is 47.0 Å². The Morgan fingerprint density at radius 2 is 2.00 bits per heavy atom. The first kappa shape index (κ1) is 18.8. The minimum absolute atomic E-state index is 0.179. The number of rotatable bonds is 7. The molecular formula is C23H24N2O2S. The summed E-state index contributed by atoms with van der Waals surface area (Å²) in [6, 6.07) is 18.5. The van der Waals surface area contributed by atoms with Gasteiger partial charge in [-0.3, -0.25) is 4.57 Å². The van der Waals surface area contributed by atoms with Crippen molar-refractivity contribution in [1.29, 1.82) is 0 Å². The van der Waals surface area contributed by atoms with E-state index in [0.29, 0.717) is 13.2 Å². The summed E-state index contributed by atoms with van der Waals surface area (Å²) in [5.74, 6) is 1.65. The first-order valence-corrected chi connectivity index (χ1v) is 10.8. The van der Waals surface area contributed by atoms with Crippen molar-refractivity contribution >= 4 is 11.8 Å². The second-order valence-corrected chi connectivity index (χ2v) is 7.93. The molecule has 4 rings (SSSR count). The van der Waals surface area contributed by atoms with Crippen LogP contribution in [0.4, 0.5) is 0 Å². The lowest BCUT2D eigenvalue weighted by Gasteiger charge is -2.24. The van der Waals surface area contributed by atoms with Crippen molar-refractivity contribution < 1.29 is 4.74 Å². The molecule has 0 atom stereocenters. The number of ether oxygens (including phenoxy) is 1. The van der Waals surface area contributed by atoms with E-state index in [9.17, 15) is 4.79 Å². The number of fused-ring (bicyclic) bond motifs is 3. The van der Waals surface area contributed by atoms with Gasteiger partial charge in [0, 0.05) is 17.9 Å². The van der Waals surface area contributed by atoms with Crippen LogP contribution in [0.2, 0.25) is 0 Å². The van der Waals surface area contributed by atoms with Crippen LogP contribution in [0.1, 0.15) is 30.9 Å². The molecule has 1 aliphatic heterocycles. The van der Waals surface area contributed by atoms with Crippen molar-refractivity contribution in [3.63, 3.8) is 0 Å². The highest BCUT2D eigenvalue weighted by Crippen LogP contribution is 2.37. The van der Waals surface area contributed by atoms with Crippen molar-refractivity contribution in [2.75, 3.05) is 6.61 Å². The molecule has 0 fully saturated rings. The van der Waals surface area contributed by atoms with E-state index < -0.39 is 0 Å². The van der Waals surface area contributed by atoms with Crippen LogP contribution in [0.15, 0.2) is 64.4 Å². The van der Waals surface area contributed by atoms with Crippen LogP contribution in [0, 0.1) is 0 Å². The van der Waals surface area contributed by atoms with Crippen LogP contribution in [-0.4, -0.2) is 16.2 Å². The fourth-order valence-corrected chi connectivity index (χ4v) is 4.31. The second-order valence-electron chi connectivity index (χ2n) is 6.93. The molecule has 28 heavy (non-hydrogen) atoms. The van der Waals surface area contributed by atoms with E-state index in [4.69, 9.17) is 4.74 Å². The zero-order chi connectivity index (χ0) is 19.3. The fraction of sp³-hybridized carbons (Fsp3) is 0.304. The molecule has 0 saturated carbocycles. The lowest BCUT2D eigenvalue weighted by Crippen LogP contribution is -2.28. The lowest BCUT2D eigenvalue weighted by molar-refractivity contribution is 0.309. The van der Waals surface area contributed by atoms with Gasteiger partial charge in [-0.05, 0) is 36.1 Å². The molecule has 4 nitrogen and oxygen atoms in total. The van der Waals surface area contributed by atoms with Gasteiger partial charge in [0.2, 0.25) is 0 Å². The van der Waals surface area contributed by atoms with Crippen molar-refractivity contribution in [2.45, 2.75) is 43.5 Å². The van der Waals surface area contributed by atoms with Crippen molar-refractivity contribution in [3.05, 3.63) is 76.2 Å². The standard InChI is InChI=1S/C23H24N2O2S/c1-2-3-14-27-20-11-7-10-18-12-13-25-19(22(18)20)15-21(24-23(25)26)28-16-17-8-5-4-6-9-17/h4-11,15H,2-3,12-14,16H2,1H3. The topological polar surface area (TPSA) is 44.1 Å². The molecule has 0 unspecified atom stereocenters. The Hall–Kier alpha value is -2.53. The van der Waals surface area contributed by atoms with Crippen LogP contribution in [0.3, 0.4) is 0 Å². The summed E-state index contributed by atoms with van der Waals surface area (Å²) in [4.78, 5) is 17.0. The molecule has 5 heteroatoms. The Balaban J connectivity index is 1.68. The predicted octanol–water partition coefficient (Wildman–Crippen LogP) is 4.94. The normalized spacial score (nSPS) is 12.3. The van der Waals surface area contributed by atoms with Gasteiger partial charge in [0.1, 0.15) is 10.8 Å². The summed E-state index contributed by atoms with van der Waals surface area (Å²) >= 11 is 1.60. The Kier molecular flexibility index (Phi) is 5.81. The van der Waals surface area contributed by atoms with Crippen LogP contribution in [0.5, 0.6) is 5.75 Å². The molecule has 144 valence electrons. The second kappa shape index (κ2) is 8.65. The maximum Gasteiger partial charge on any atom is 0.349 e. The van der Waals surface area contributed by atoms with Gasteiger partial charge in [0.25, 0.3) is 0 Å². The maximum absolute atomic E-state index is 12.7.